The van der Waals surface area contributed by atoms with Crippen LogP contribution in [0.2, 0.25) is 0 Å². The lowest BCUT2D eigenvalue weighted by Gasteiger charge is -2.25. The second kappa shape index (κ2) is 7.81. The number of rotatable bonds is 7. The van der Waals surface area contributed by atoms with Crippen LogP contribution in [-0.2, 0) is 9.53 Å². The van der Waals surface area contributed by atoms with Gasteiger partial charge in [-0.05, 0) is 33.1 Å². The highest BCUT2D eigenvalue weighted by Gasteiger charge is 2.30. The lowest BCUT2D eigenvalue weighted by atomic mass is 9.91. The van der Waals surface area contributed by atoms with Crippen molar-refractivity contribution >= 4 is 12.4 Å². The topological polar surface area (TPSA) is 98.5 Å². The van der Waals surface area contributed by atoms with E-state index in [4.69, 9.17) is 4.74 Å². The average molecular weight is 288 g/mol. The minimum absolute atomic E-state index is 0.194. The predicted molar refractivity (Wildman–Crippen MR) is 74.0 cm³/mol. The molecule has 1 amide bonds. The first-order valence-corrected chi connectivity index (χ1v) is 6.61. The molecule has 0 aliphatic rings. The largest absolute Gasteiger partial charge is 0.444 e. The molecule has 0 aliphatic heterocycles. The minimum atomic E-state index is -0.861. The zero-order chi connectivity index (χ0) is 15.9. The van der Waals surface area contributed by atoms with Crippen LogP contribution in [-0.4, -0.2) is 35.5 Å². The molecule has 0 aliphatic carbocycles. The normalized spacial score (nSPS) is 14.5. The van der Waals surface area contributed by atoms with Crippen LogP contribution in [0.4, 0.5) is 4.79 Å². The van der Waals surface area contributed by atoms with Crippen LogP contribution in [0, 0.1) is 22.0 Å². The van der Waals surface area contributed by atoms with Gasteiger partial charge in [0.15, 0.2) is 0 Å². The Kier molecular flexibility index (Phi) is 7.17. The standard InChI is InChI=1S/C13H24N2O5/c1-9(2)6-10(8-16)11(7-15(18)19)14-12(17)20-13(3,4)5/h8-11H,6-7H2,1-5H3,(H,14,17)/t10-,11+/m0/s1. The fraction of sp³-hybridized carbons (Fsp3) is 0.846. The summed E-state index contributed by atoms with van der Waals surface area (Å²) >= 11 is 0. The maximum absolute atomic E-state index is 11.7. The summed E-state index contributed by atoms with van der Waals surface area (Å²) in [6.45, 7) is 8.40. The van der Waals surface area contributed by atoms with Crippen molar-refractivity contribution in [3.63, 3.8) is 0 Å². The van der Waals surface area contributed by atoms with E-state index in [9.17, 15) is 19.7 Å². The second-order valence-corrected chi connectivity index (χ2v) is 6.20. The van der Waals surface area contributed by atoms with Crippen LogP contribution in [0.1, 0.15) is 41.0 Å². The van der Waals surface area contributed by atoms with Gasteiger partial charge in [-0.15, -0.1) is 0 Å². The Labute approximate surface area is 119 Å². The Hall–Kier alpha value is -1.66. The van der Waals surface area contributed by atoms with Gasteiger partial charge in [-0.2, -0.15) is 0 Å². The Balaban J connectivity index is 4.82. The molecule has 1 N–H and O–H groups in total. The number of hydrogen-bond donors (Lipinski definition) is 1. The van der Waals surface area contributed by atoms with E-state index in [0.717, 1.165) is 0 Å². The number of carbonyl (C=O) groups excluding carboxylic acids is 2. The fourth-order valence-corrected chi connectivity index (χ4v) is 1.77. The Morgan fingerprint density at radius 1 is 1.40 bits per heavy atom. The molecule has 2 atom stereocenters. The molecular formula is C13H24N2O5. The molecule has 116 valence electrons. The summed E-state index contributed by atoms with van der Waals surface area (Å²) in [4.78, 5) is 32.9. The maximum Gasteiger partial charge on any atom is 0.408 e. The average Bonchev–Trinajstić information content (AvgIpc) is 2.21. The molecule has 0 fully saturated rings. The Morgan fingerprint density at radius 3 is 2.30 bits per heavy atom. The number of carbonyl (C=O) groups is 2. The monoisotopic (exact) mass is 288 g/mol. The smallest absolute Gasteiger partial charge is 0.408 e. The SMILES string of the molecule is CC(C)C[C@@H](C=O)[C@@H](C[N+](=O)[O-])NC(=O)OC(C)(C)C. The van der Waals surface area contributed by atoms with E-state index in [2.05, 4.69) is 5.32 Å². The number of hydrogen-bond acceptors (Lipinski definition) is 5. The van der Waals surface area contributed by atoms with Crippen LogP contribution in [0.15, 0.2) is 0 Å². The summed E-state index contributed by atoms with van der Waals surface area (Å²) in [5, 5.41) is 13.1. The molecule has 20 heavy (non-hydrogen) atoms. The van der Waals surface area contributed by atoms with Crippen LogP contribution >= 0.6 is 0 Å². The van der Waals surface area contributed by atoms with E-state index in [-0.39, 0.29) is 5.92 Å². The van der Waals surface area contributed by atoms with E-state index in [1.807, 2.05) is 13.8 Å². The van der Waals surface area contributed by atoms with Crippen LogP contribution in [0.3, 0.4) is 0 Å². The van der Waals surface area contributed by atoms with Crippen LogP contribution in [0.25, 0.3) is 0 Å². The van der Waals surface area contributed by atoms with Crippen molar-refractivity contribution in [3.8, 4) is 0 Å². The first-order chi connectivity index (χ1) is 9.05. The summed E-state index contributed by atoms with van der Waals surface area (Å²) in [5.41, 5.74) is -0.696. The first kappa shape index (κ1) is 18.3. The molecule has 0 aromatic rings. The van der Waals surface area contributed by atoms with Crippen molar-refractivity contribution in [2.45, 2.75) is 52.7 Å². The quantitative estimate of drug-likeness (QED) is 0.439. The molecule has 0 heterocycles. The van der Waals surface area contributed by atoms with E-state index >= 15 is 0 Å². The molecular weight excluding hydrogens is 264 g/mol. The molecule has 0 saturated carbocycles. The highest BCUT2D eigenvalue weighted by molar-refractivity contribution is 5.69. The summed E-state index contributed by atoms with van der Waals surface area (Å²) in [6, 6.07) is -0.861. The summed E-state index contributed by atoms with van der Waals surface area (Å²) in [6.07, 6.45) is 0.378. The summed E-state index contributed by atoms with van der Waals surface area (Å²) in [7, 11) is 0. The molecule has 0 unspecified atom stereocenters. The molecule has 0 radical (unpaired) electrons. The highest BCUT2D eigenvalue weighted by Crippen LogP contribution is 2.15. The van der Waals surface area contributed by atoms with Gasteiger partial charge in [0, 0.05) is 10.8 Å². The maximum atomic E-state index is 11.7. The number of nitrogens with one attached hydrogen (secondary N) is 1. The summed E-state index contributed by atoms with van der Waals surface area (Å²) in [5.74, 6) is -0.409. The second-order valence-electron chi connectivity index (χ2n) is 6.20. The molecule has 0 spiro atoms. The number of amides is 1. The Morgan fingerprint density at radius 2 is 1.95 bits per heavy atom. The fourth-order valence-electron chi connectivity index (χ4n) is 1.77. The van der Waals surface area contributed by atoms with Gasteiger partial charge in [0.25, 0.3) is 0 Å². The molecule has 0 aromatic carbocycles. The first-order valence-electron chi connectivity index (χ1n) is 6.61. The predicted octanol–water partition coefficient (Wildman–Crippen LogP) is 2.02. The lowest BCUT2D eigenvalue weighted by molar-refractivity contribution is -0.484. The van der Waals surface area contributed by atoms with E-state index < -0.39 is 35.1 Å². The lowest BCUT2D eigenvalue weighted by Crippen LogP contribution is -2.47. The molecule has 0 rings (SSSR count). The van der Waals surface area contributed by atoms with Gasteiger partial charge in [0.2, 0.25) is 6.54 Å². The van der Waals surface area contributed by atoms with Crippen LogP contribution in [0.5, 0.6) is 0 Å². The summed E-state index contributed by atoms with van der Waals surface area (Å²) < 4.78 is 5.06. The van der Waals surface area contributed by atoms with Gasteiger partial charge in [-0.3, -0.25) is 10.1 Å². The van der Waals surface area contributed by atoms with Crippen molar-refractivity contribution in [2.75, 3.05) is 6.54 Å². The number of ether oxygens (including phenoxy) is 1. The van der Waals surface area contributed by atoms with Crippen molar-refractivity contribution in [1.82, 2.24) is 5.32 Å². The van der Waals surface area contributed by atoms with Crippen molar-refractivity contribution in [3.05, 3.63) is 10.1 Å². The number of nitrogens with zero attached hydrogens (tertiary/aromatic N) is 1. The van der Waals surface area contributed by atoms with Gasteiger partial charge in [-0.25, -0.2) is 4.79 Å². The van der Waals surface area contributed by atoms with E-state index in [1.54, 1.807) is 20.8 Å². The van der Waals surface area contributed by atoms with Gasteiger partial charge >= 0.3 is 6.09 Å². The number of alkyl carbamates (subject to hydrolysis) is 1. The van der Waals surface area contributed by atoms with Gasteiger partial charge in [0.1, 0.15) is 17.9 Å². The molecule has 0 bridgehead atoms. The zero-order valence-electron chi connectivity index (χ0n) is 12.7. The van der Waals surface area contributed by atoms with Crippen molar-refractivity contribution in [1.29, 1.82) is 0 Å². The van der Waals surface area contributed by atoms with Gasteiger partial charge in [0.05, 0.1) is 0 Å². The van der Waals surface area contributed by atoms with Crippen molar-refractivity contribution in [2.24, 2.45) is 11.8 Å². The Bertz CT molecular complexity index is 349. The number of aldehydes is 1. The minimum Gasteiger partial charge on any atom is -0.444 e. The molecule has 0 aromatic heterocycles. The third-order valence-corrected chi connectivity index (χ3v) is 2.48. The third kappa shape index (κ3) is 8.44. The molecule has 7 nitrogen and oxygen atoms in total. The van der Waals surface area contributed by atoms with Crippen LogP contribution < -0.4 is 5.32 Å². The van der Waals surface area contributed by atoms with Gasteiger partial charge < -0.3 is 14.8 Å². The highest BCUT2D eigenvalue weighted by atomic mass is 16.6. The zero-order valence-corrected chi connectivity index (χ0v) is 12.7. The van der Waals surface area contributed by atoms with E-state index in [0.29, 0.717) is 12.7 Å². The number of nitro groups is 1. The molecule has 0 saturated heterocycles. The third-order valence-electron chi connectivity index (χ3n) is 2.48. The molecule has 7 heteroatoms. The van der Waals surface area contributed by atoms with Gasteiger partial charge in [-0.1, -0.05) is 13.8 Å². The van der Waals surface area contributed by atoms with Crippen molar-refractivity contribution < 1.29 is 19.2 Å². The van der Waals surface area contributed by atoms with E-state index in [1.165, 1.54) is 0 Å².